The van der Waals surface area contributed by atoms with Crippen LogP contribution in [0.3, 0.4) is 0 Å². The van der Waals surface area contributed by atoms with Gasteiger partial charge in [-0.1, -0.05) is 41.4 Å². The molecule has 5 heteroatoms. The minimum atomic E-state index is -0.0554. The molecule has 3 nitrogen and oxygen atoms in total. The van der Waals surface area contributed by atoms with E-state index in [4.69, 9.17) is 23.2 Å². The molecular weight excluding hydrogens is 319 g/mol. The normalized spacial score (nSPS) is 15.0. The van der Waals surface area contributed by atoms with E-state index in [1.807, 2.05) is 23.1 Å². The third kappa shape index (κ3) is 3.21. The summed E-state index contributed by atoms with van der Waals surface area (Å²) in [7, 11) is 0. The van der Waals surface area contributed by atoms with Crippen LogP contribution in [0, 0.1) is 0 Å². The largest absolute Gasteiger partial charge is 0.368 e. The van der Waals surface area contributed by atoms with Crippen molar-refractivity contribution in [3.05, 3.63) is 64.1 Å². The molecule has 1 amide bonds. The van der Waals surface area contributed by atoms with E-state index >= 15 is 0 Å². The van der Waals surface area contributed by atoms with Gasteiger partial charge in [0, 0.05) is 36.9 Å². The van der Waals surface area contributed by atoms with E-state index in [0.29, 0.717) is 28.7 Å². The molecule has 0 saturated carbocycles. The summed E-state index contributed by atoms with van der Waals surface area (Å²) in [5, 5.41) is 0.968. The number of carbonyl (C=O) groups is 1. The van der Waals surface area contributed by atoms with Crippen molar-refractivity contribution >= 4 is 34.8 Å². The first-order valence-electron chi connectivity index (χ1n) is 7.19. The van der Waals surface area contributed by atoms with E-state index in [0.717, 1.165) is 13.1 Å². The molecule has 1 aliphatic rings. The number of hydrogen-bond acceptors (Lipinski definition) is 2. The first kappa shape index (κ1) is 15.2. The molecule has 1 aliphatic heterocycles. The predicted molar refractivity (Wildman–Crippen MR) is 91.0 cm³/mol. The second-order valence-electron chi connectivity index (χ2n) is 5.24. The Morgan fingerprint density at radius 3 is 2.27 bits per heavy atom. The minimum Gasteiger partial charge on any atom is -0.368 e. The monoisotopic (exact) mass is 334 g/mol. The standard InChI is InChI=1S/C17H16Cl2N2O/c18-13-6-7-16(19)15(12-13)17(22)21-10-8-20(9-11-21)14-4-2-1-3-5-14/h1-7,12H,8-11H2. The molecule has 2 aromatic carbocycles. The van der Waals surface area contributed by atoms with Crippen molar-refractivity contribution in [1.82, 2.24) is 4.90 Å². The molecular formula is C17H16Cl2N2O. The molecule has 0 aliphatic carbocycles. The van der Waals surface area contributed by atoms with E-state index in [9.17, 15) is 4.79 Å². The average molecular weight is 335 g/mol. The molecule has 0 N–H and O–H groups in total. The molecule has 1 saturated heterocycles. The van der Waals surface area contributed by atoms with Crippen molar-refractivity contribution in [2.24, 2.45) is 0 Å². The number of benzene rings is 2. The molecule has 1 heterocycles. The summed E-state index contributed by atoms with van der Waals surface area (Å²) in [6.07, 6.45) is 0. The van der Waals surface area contributed by atoms with E-state index in [1.165, 1.54) is 5.69 Å². The average Bonchev–Trinajstić information content (AvgIpc) is 2.57. The highest BCUT2D eigenvalue weighted by atomic mass is 35.5. The highest BCUT2D eigenvalue weighted by molar-refractivity contribution is 6.35. The number of carbonyl (C=O) groups excluding carboxylic acids is 1. The summed E-state index contributed by atoms with van der Waals surface area (Å²) >= 11 is 12.1. The Hall–Kier alpha value is -1.71. The van der Waals surface area contributed by atoms with Crippen LogP contribution in [0.5, 0.6) is 0 Å². The lowest BCUT2D eigenvalue weighted by molar-refractivity contribution is 0.0747. The molecule has 2 aromatic rings. The molecule has 0 unspecified atom stereocenters. The zero-order chi connectivity index (χ0) is 15.5. The van der Waals surface area contributed by atoms with Gasteiger partial charge in [-0.15, -0.1) is 0 Å². The quantitative estimate of drug-likeness (QED) is 0.829. The highest BCUT2D eigenvalue weighted by Gasteiger charge is 2.23. The van der Waals surface area contributed by atoms with Crippen LogP contribution in [0.4, 0.5) is 5.69 Å². The maximum absolute atomic E-state index is 12.6. The van der Waals surface area contributed by atoms with Gasteiger partial charge in [-0.25, -0.2) is 0 Å². The molecule has 114 valence electrons. The van der Waals surface area contributed by atoms with Gasteiger partial charge < -0.3 is 9.80 Å². The van der Waals surface area contributed by atoms with Crippen molar-refractivity contribution in [2.75, 3.05) is 31.1 Å². The maximum atomic E-state index is 12.6. The van der Waals surface area contributed by atoms with Crippen molar-refractivity contribution < 1.29 is 4.79 Å². The minimum absolute atomic E-state index is 0.0554. The summed E-state index contributed by atoms with van der Waals surface area (Å²) in [4.78, 5) is 16.7. The topological polar surface area (TPSA) is 23.6 Å². The molecule has 22 heavy (non-hydrogen) atoms. The third-order valence-corrected chi connectivity index (χ3v) is 4.41. The lowest BCUT2D eigenvalue weighted by Crippen LogP contribution is -2.48. The van der Waals surface area contributed by atoms with Gasteiger partial charge in [0.1, 0.15) is 0 Å². The van der Waals surface area contributed by atoms with Crippen LogP contribution in [0.1, 0.15) is 10.4 Å². The summed E-state index contributed by atoms with van der Waals surface area (Å²) in [6.45, 7) is 2.98. The maximum Gasteiger partial charge on any atom is 0.255 e. The summed E-state index contributed by atoms with van der Waals surface area (Å²) in [5.41, 5.74) is 1.66. The molecule has 0 spiro atoms. The number of amides is 1. The van der Waals surface area contributed by atoms with Gasteiger partial charge in [0.2, 0.25) is 0 Å². The van der Waals surface area contributed by atoms with Gasteiger partial charge in [-0.2, -0.15) is 0 Å². The van der Waals surface area contributed by atoms with Crippen molar-refractivity contribution in [1.29, 1.82) is 0 Å². The summed E-state index contributed by atoms with van der Waals surface area (Å²) in [5.74, 6) is -0.0554. The molecule has 0 bridgehead atoms. The van der Waals surface area contributed by atoms with Gasteiger partial charge in [0.15, 0.2) is 0 Å². The first-order chi connectivity index (χ1) is 10.6. The summed E-state index contributed by atoms with van der Waals surface area (Å²) < 4.78 is 0. The van der Waals surface area contributed by atoms with Crippen LogP contribution in [-0.4, -0.2) is 37.0 Å². The number of piperazine rings is 1. The Balaban J connectivity index is 1.68. The second-order valence-corrected chi connectivity index (χ2v) is 6.08. The predicted octanol–water partition coefficient (Wildman–Crippen LogP) is 3.96. The molecule has 1 fully saturated rings. The number of anilines is 1. The number of rotatable bonds is 2. The fourth-order valence-electron chi connectivity index (χ4n) is 2.64. The highest BCUT2D eigenvalue weighted by Crippen LogP contribution is 2.23. The van der Waals surface area contributed by atoms with Crippen LogP contribution in [-0.2, 0) is 0 Å². The number of para-hydroxylation sites is 1. The molecule has 0 atom stereocenters. The summed E-state index contributed by atoms with van der Waals surface area (Å²) in [6, 6.07) is 15.2. The van der Waals surface area contributed by atoms with Crippen LogP contribution in [0.25, 0.3) is 0 Å². The second kappa shape index (κ2) is 6.59. The van der Waals surface area contributed by atoms with E-state index < -0.39 is 0 Å². The van der Waals surface area contributed by atoms with E-state index in [2.05, 4.69) is 17.0 Å². The molecule has 0 radical (unpaired) electrons. The van der Waals surface area contributed by atoms with Gasteiger partial charge in [0.25, 0.3) is 5.91 Å². The fourth-order valence-corrected chi connectivity index (χ4v) is 3.01. The van der Waals surface area contributed by atoms with Gasteiger partial charge >= 0.3 is 0 Å². The zero-order valence-electron chi connectivity index (χ0n) is 12.0. The van der Waals surface area contributed by atoms with Gasteiger partial charge in [0.05, 0.1) is 10.6 Å². The van der Waals surface area contributed by atoms with Gasteiger partial charge in [-0.3, -0.25) is 4.79 Å². The smallest absolute Gasteiger partial charge is 0.255 e. The third-order valence-electron chi connectivity index (χ3n) is 3.85. The zero-order valence-corrected chi connectivity index (χ0v) is 13.5. The van der Waals surface area contributed by atoms with Crippen LogP contribution in [0.2, 0.25) is 10.0 Å². The van der Waals surface area contributed by atoms with Gasteiger partial charge in [-0.05, 0) is 30.3 Å². The Labute approximate surface area is 140 Å². The van der Waals surface area contributed by atoms with Crippen molar-refractivity contribution in [3.63, 3.8) is 0 Å². The Morgan fingerprint density at radius 2 is 1.59 bits per heavy atom. The van der Waals surface area contributed by atoms with Crippen LogP contribution < -0.4 is 4.90 Å². The fraction of sp³-hybridized carbons (Fsp3) is 0.235. The van der Waals surface area contributed by atoms with Crippen molar-refractivity contribution in [3.8, 4) is 0 Å². The lowest BCUT2D eigenvalue weighted by atomic mass is 10.1. The van der Waals surface area contributed by atoms with Crippen molar-refractivity contribution in [2.45, 2.75) is 0 Å². The molecule has 3 rings (SSSR count). The van der Waals surface area contributed by atoms with E-state index in [-0.39, 0.29) is 5.91 Å². The number of hydrogen-bond donors (Lipinski definition) is 0. The number of halogens is 2. The Morgan fingerprint density at radius 1 is 0.909 bits per heavy atom. The Kier molecular flexibility index (Phi) is 4.55. The lowest BCUT2D eigenvalue weighted by Gasteiger charge is -2.36. The van der Waals surface area contributed by atoms with E-state index in [1.54, 1.807) is 18.2 Å². The first-order valence-corrected chi connectivity index (χ1v) is 7.95. The van der Waals surface area contributed by atoms with Crippen LogP contribution in [0.15, 0.2) is 48.5 Å². The SMILES string of the molecule is O=C(c1cc(Cl)ccc1Cl)N1CCN(c2ccccc2)CC1. The Bertz CT molecular complexity index is 668. The molecule has 0 aromatic heterocycles. The van der Waals surface area contributed by atoms with Crippen LogP contribution >= 0.6 is 23.2 Å². The number of nitrogens with zero attached hydrogens (tertiary/aromatic N) is 2.